The highest BCUT2D eigenvalue weighted by Crippen LogP contribution is 2.32. The fourth-order valence-corrected chi connectivity index (χ4v) is 2.91. The van der Waals surface area contributed by atoms with Gasteiger partial charge in [-0.05, 0) is 36.6 Å². The Labute approximate surface area is 150 Å². The van der Waals surface area contributed by atoms with E-state index in [1.54, 1.807) is 19.0 Å². The molecule has 1 aromatic carbocycles. The molecule has 26 heavy (non-hydrogen) atoms. The Morgan fingerprint density at radius 3 is 2.35 bits per heavy atom. The Balaban J connectivity index is 2.03. The molecular weight excluding hydrogens is 349 g/mol. The Morgan fingerprint density at radius 1 is 1.23 bits per heavy atom. The first-order valence-corrected chi connectivity index (χ1v) is 8.30. The number of rotatable bonds is 3. The standard InChI is InChI=1S/C17H23F3N4O2/c1-23(2)16(26)24-5-3-12(4-6-24)15(25)22-14-8-11(10-21)7-13(9-14)17(18,19)20/h7-9,12H,3-6,10,21H2,1-2H3,(H,22,25). The molecule has 1 aromatic rings. The average molecular weight is 372 g/mol. The minimum absolute atomic E-state index is 0.0577. The van der Waals surface area contributed by atoms with E-state index in [-0.39, 0.29) is 30.1 Å². The number of amides is 3. The van der Waals surface area contributed by atoms with Gasteiger partial charge in [-0.2, -0.15) is 13.2 Å². The van der Waals surface area contributed by atoms with Crippen molar-refractivity contribution in [3.63, 3.8) is 0 Å². The van der Waals surface area contributed by atoms with Gasteiger partial charge in [-0.15, -0.1) is 0 Å². The molecule has 0 aliphatic carbocycles. The van der Waals surface area contributed by atoms with Gasteiger partial charge in [0.2, 0.25) is 5.91 Å². The van der Waals surface area contributed by atoms with Crippen LogP contribution in [0.5, 0.6) is 0 Å². The van der Waals surface area contributed by atoms with E-state index in [0.717, 1.165) is 12.1 Å². The van der Waals surface area contributed by atoms with Gasteiger partial charge in [0.05, 0.1) is 5.56 Å². The summed E-state index contributed by atoms with van der Waals surface area (Å²) in [6, 6.07) is 3.20. The van der Waals surface area contributed by atoms with E-state index in [9.17, 15) is 22.8 Å². The summed E-state index contributed by atoms with van der Waals surface area (Å²) >= 11 is 0. The Bertz CT molecular complexity index is 668. The van der Waals surface area contributed by atoms with Gasteiger partial charge in [0.25, 0.3) is 0 Å². The number of nitrogens with one attached hydrogen (secondary N) is 1. The molecule has 6 nitrogen and oxygen atoms in total. The third-order valence-electron chi connectivity index (χ3n) is 4.34. The van der Waals surface area contributed by atoms with Crippen molar-refractivity contribution < 1.29 is 22.8 Å². The van der Waals surface area contributed by atoms with Crippen LogP contribution in [0.2, 0.25) is 0 Å². The second-order valence-electron chi connectivity index (χ2n) is 6.55. The summed E-state index contributed by atoms with van der Waals surface area (Å²) in [5.74, 6) is -0.693. The van der Waals surface area contributed by atoms with Crippen molar-refractivity contribution in [3.8, 4) is 0 Å². The van der Waals surface area contributed by atoms with Crippen LogP contribution >= 0.6 is 0 Å². The molecule has 0 aromatic heterocycles. The van der Waals surface area contributed by atoms with Crippen molar-refractivity contribution in [1.82, 2.24) is 9.80 Å². The molecule has 1 heterocycles. The summed E-state index contributed by atoms with van der Waals surface area (Å²) in [5, 5.41) is 2.56. The number of urea groups is 1. The molecule has 3 amide bonds. The molecule has 0 spiro atoms. The highest BCUT2D eigenvalue weighted by molar-refractivity contribution is 5.93. The summed E-state index contributed by atoms with van der Waals surface area (Å²) < 4.78 is 38.9. The van der Waals surface area contributed by atoms with Crippen molar-refractivity contribution >= 4 is 17.6 Å². The molecule has 3 N–H and O–H groups in total. The molecule has 144 valence electrons. The number of benzene rings is 1. The van der Waals surface area contributed by atoms with Gasteiger partial charge in [0.15, 0.2) is 0 Å². The predicted octanol–water partition coefficient (Wildman–Crippen LogP) is 2.50. The number of halogens is 3. The second kappa shape index (κ2) is 7.94. The molecule has 1 saturated heterocycles. The van der Waals surface area contributed by atoms with Crippen LogP contribution in [-0.2, 0) is 17.5 Å². The summed E-state index contributed by atoms with van der Waals surface area (Å²) in [4.78, 5) is 27.4. The molecule has 0 saturated carbocycles. The zero-order valence-corrected chi connectivity index (χ0v) is 14.8. The summed E-state index contributed by atoms with van der Waals surface area (Å²) in [7, 11) is 3.31. The van der Waals surface area contributed by atoms with Crippen LogP contribution in [-0.4, -0.2) is 48.9 Å². The SMILES string of the molecule is CN(C)C(=O)N1CCC(C(=O)Nc2cc(CN)cc(C(F)(F)F)c2)CC1. The van der Waals surface area contributed by atoms with Crippen LogP contribution in [0, 0.1) is 5.92 Å². The molecule has 0 bridgehead atoms. The number of anilines is 1. The first-order chi connectivity index (χ1) is 12.1. The van der Waals surface area contributed by atoms with E-state index in [4.69, 9.17) is 5.73 Å². The molecular formula is C17H23F3N4O2. The lowest BCUT2D eigenvalue weighted by Crippen LogP contribution is -2.45. The van der Waals surface area contributed by atoms with E-state index in [1.165, 1.54) is 11.0 Å². The second-order valence-corrected chi connectivity index (χ2v) is 6.55. The maximum absolute atomic E-state index is 13.0. The van der Waals surface area contributed by atoms with Gasteiger partial charge in [-0.1, -0.05) is 0 Å². The molecule has 1 aliphatic rings. The van der Waals surface area contributed by atoms with Gasteiger partial charge in [0, 0.05) is 45.3 Å². The summed E-state index contributed by atoms with van der Waals surface area (Å²) in [5.41, 5.74) is 4.98. The third kappa shape index (κ3) is 4.87. The van der Waals surface area contributed by atoms with Gasteiger partial charge in [0.1, 0.15) is 0 Å². The predicted molar refractivity (Wildman–Crippen MR) is 91.3 cm³/mol. The highest BCUT2D eigenvalue weighted by atomic mass is 19.4. The van der Waals surface area contributed by atoms with Crippen LogP contribution in [0.3, 0.4) is 0 Å². The van der Waals surface area contributed by atoms with E-state index in [0.29, 0.717) is 31.5 Å². The maximum Gasteiger partial charge on any atom is 0.416 e. The molecule has 9 heteroatoms. The number of carbonyl (C=O) groups excluding carboxylic acids is 2. The quantitative estimate of drug-likeness (QED) is 0.856. The van der Waals surface area contributed by atoms with Crippen LogP contribution in [0.4, 0.5) is 23.7 Å². The third-order valence-corrected chi connectivity index (χ3v) is 4.34. The highest BCUT2D eigenvalue weighted by Gasteiger charge is 2.32. The maximum atomic E-state index is 13.0. The van der Waals surface area contributed by atoms with Gasteiger partial charge in [-0.25, -0.2) is 4.79 Å². The van der Waals surface area contributed by atoms with E-state index >= 15 is 0 Å². The molecule has 1 fully saturated rings. The summed E-state index contributed by atoms with van der Waals surface area (Å²) in [6.07, 6.45) is -3.58. The monoisotopic (exact) mass is 372 g/mol. The van der Waals surface area contributed by atoms with Crippen LogP contribution in [0.1, 0.15) is 24.0 Å². The summed E-state index contributed by atoms with van der Waals surface area (Å²) in [6.45, 7) is 0.815. The lowest BCUT2D eigenvalue weighted by molar-refractivity contribution is -0.137. The minimum atomic E-state index is -4.51. The topological polar surface area (TPSA) is 78.7 Å². The van der Waals surface area contributed by atoms with Crippen molar-refractivity contribution in [2.24, 2.45) is 11.7 Å². The zero-order chi connectivity index (χ0) is 19.5. The average Bonchev–Trinajstić information content (AvgIpc) is 2.60. The number of nitrogens with two attached hydrogens (primary N) is 1. The normalized spacial score (nSPS) is 15.7. The minimum Gasteiger partial charge on any atom is -0.331 e. The van der Waals surface area contributed by atoms with E-state index in [1.807, 2.05) is 0 Å². The Kier molecular flexibility index (Phi) is 6.12. The van der Waals surface area contributed by atoms with Gasteiger partial charge in [-0.3, -0.25) is 4.79 Å². The Hall–Kier alpha value is -2.29. The molecule has 0 radical (unpaired) electrons. The van der Waals surface area contributed by atoms with E-state index in [2.05, 4.69) is 5.32 Å². The molecule has 0 unspecified atom stereocenters. The molecule has 1 aliphatic heterocycles. The number of likely N-dealkylation sites (tertiary alicyclic amines) is 1. The number of piperidine rings is 1. The van der Waals surface area contributed by atoms with Crippen molar-refractivity contribution in [3.05, 3.63) is 29.3 Å². The fraction of sp³-hybridized carbons (Fsp3) is 0.529. The van der Waals surface area contributed by atoms with Gasteiger partial charge < -0.3 is 20.9 Å². The van der Waals surface area contributed by atoms with Crippen LogP contribution < -0.4 is 11.1 Å². The first-order valence-electron chi connectivity index (χ1n) is 8.30. The fourth-order valence-electron chi connectivity index (χ4n) is 2.91. The van der Waals surface area contributed by atoms with Gasteiger partial charge >= 0.3 is 12.2 Å². The number of nitrogens with zero attached hydrogens (tertiary/aromatic N) is 2. The van der Waals surface area contributed by atoms with Crippen molar-refractivity contribution in [1.29, 1.82) is 0 Å². The largest absolute Gasteiger partial charge is 0.416 e. The number of hydrogen-bond donors (Lipinski definition) is 2. The molecule has 0 atom stereocenters. The number of hydrogen-bond acceptors (Lipinski definition) is 3. The molecule has 2 rings (SSSR count). The number of alkyl halides is 3. The van der Waals surface area contributed by atoms with Crippen molar-refractivity contribution in [2.75, 3.05) is 32.5 Å². The van der Waals surface area contributed by atoms with Crippen LogP contribution in [0.15, 0.2) is 18.2 Å². The lowest BCUT2D eigenvalue weighted by Gasteiger charge is -2.33. The van der Waals surface area contributed by atoms with Crippen LogP contribution in [0.25, 0.3) is 0 Å². The smallest absolute Gasteiger partial charge is 0.331 e. The lowest BCUT2D eigenvalue weighted by atomic mass is 9.96. The first kappa shape index (κ1) is 20.0. The number of carbonyl (C=O) groups is 2. The van der Waals surface area contributed by atoms with Crippen molar-refractivity contribution in [2.45, 2.75) is 25.6 Å². The van der Waals surface area contributed by atoms with E-state index < -0.39 is 11.7 Å². The zero-order valence-electron chi connectivity index (χ0n) is 14.8. The Morgan fingerprint density at radius 2 is 1.85 bits per heavy atom.